The highest BCUT2D eigenvalue weighted by atomic mass is 35.5. The van der Waals surface area contributed by atoms with Crippen molar-refractivity contribution in [3.05, 3.63) is 45.7 Å². The molecule has 1 atom stereocenters. The number of aromatic amines is 1. The first-order valence-electron chi connectivity index (χ1n) is 10.2. The van der Waals surface area contributed by atoms with Crippen LogP contribution < -0.4 is 10.9 Å². The van der Waals surface area contributed by atoms with Gasteiger partial charge in [-0.1, -0.05) is 37.8 Å². The Morgan fingerprint density at radius 2 is 2.00 bits per heavy atom. The number of nitrogens with one attached hydrogen (secondary N) is 2. The number of pyridine rings is 1. The van der Waals surface area contributed by atoms with Crippen molar-refractivity contribution in [2.75, 3.05) is 0 Å². The van der Waals surface area contributed by atoms with Crippen LogP contribution in [0.1, 0.15) is 63.5 Å². The summed E-state index contributed by atoms with van der Waals surface area (Å²) in [6.45, 7) is 6.94. The van der Waals surface area contributed by atoms with Crippen LogP contribution in [0.5, 0.6) is 0 Å². The second-order valence-electron chi connectivity index (χ2n) is 7.89. The van der Waals surface area contributed by atoms with E-state index in [1.807, 2.05) is 18.2 Å². The van der Waals surface area contributed by atoms with Crippen molar-refractivity contribution in [3.63, 3.8) is 0 Å². The number of fused-ring (bicyclic) bond motifs is 1. The summed E-state index contributed by atoms with van der Waals surface area (Å²) >= 11 is 5.76. The lowest BCUT2D eigenvalue weighted by Crippen LogP contribution is -2.49. The molecule has 28 heavy (non-hydrogen) atoms. The van der Waals surface area contributed by atoms with Gasteiger partial charge < -0.3 is 15.2 Å². The fourth-order valence-electron chi connectivity index (χ4n) is 3.83. The highest BCUT2D eigenvalue weighted by molar-refractivity contribution is 7.80. The topological polar surface area (TPSA) is 48.1 Å². The van der Waals surface area contributed by atoms with Crippen molar-refractivity contribution >= 4 is 40.6 Å². The lowest BCUT2D eigenvalue weighted by molar-refractivity contribution is 0.233. The Kier molecular flexibility index (Phi) is 8.32. The molecule has 0 radical (unpaired) electrons. The Balaban J connectivity index is 0.00000280. The van der Waals surface area contributed by atoms with Gasteiger partial charge in [0.25, 0.3) is 5.56 Å². The van der Waals surface area contributed by atoms with Crippen LogP contribution in [0.25, 0.3) is 10.9 Å². The Hall–Kier alpha value is -1.59. The predicted molar refractivity (Wildman–Crippen MR) is 124 cm³/mol. The number of H-pyrrole nitrogens is 1. The molecule has 0 aliphatic heterocycles. The molecule has 0 bridgehead atoms. The first-order valence-corrected chi connectivity index (χ1v) is 10.6. The zero-order chi connectivity index (χ0) is 19.4. The van der Waals surface area contributed by atoms with Crippen molar-refractivity contribution in [3.8, 4) is 0 Å². The third-order valence-electron chi connectivity index (χ3n) is 5.68. The van der Waals surface area contributed by atoms with E-state index in [1.165, 1.54) is 24.8 Å². The van der Waals surface area contributed by atoms with Gasteiger partial charge in [0, 0.05) is 23.2 Å². The molecule has 2 N–H and O–H groups in total. The average Bonchev–Trinajstić information content (AvgIpc) is 2.67. The molecule has 1 aliphatic rings. The average molecular weight is 422 g/mol. The summed E-state index contributed by atoms with van der Waals surface area (Å²) in [4.78, 5) is 18.0. The predicted octanol–water partition coefficient (Wildman–Crippen LogP) is 5.07. The van der Waals surface area contributed by atoms with Crippen LogP contribution in [0, 0.1) is 6.92 Å². The zero-order valence-corrected chi connectivity index (χ0v) is 18.7. The Bertz CT molecular complexity index is 860. The van der Waals surface area contributed by atoms with Gasteiger partial charge in [-0.15, -0.1) is 12.4 Å². The summed E-state index contributed by atoms with van der Waals surface area (Å²) in [6, 6.07) is 8.90. The van der Waals surface area contributed by atoms with E-state index in [2.05, 4.69) is 42.0 Å². The fraction of sp³-hybridized carbons (Fsp3) is 0.545. The minimum Gasteiger partial charge on any atom is -0.360 e. The fourth-order valence-corrected chi connectivity index (χ4v) is 4.24. The molecule has 0 amide bonds. The van der Waals surface area contributed by atoms with Crippen molar-refractivity contribution in [1.29, 1.82) is 0 Å². The molecular formula is C22H32ClN3OS. The lowest BCUT2D eigenvalue weighted by Gasteiger charge is -2.37. The highest BCUT2D eigenvalue weighted by Crippen LogP contribution is 2.24. The molecule has 1 unspecified atom stereocenters. The Morgan fingerprint density at radius 1 is 1.29 bits per heavy atom. The highest BCUT2D eigenvalue weighted by Gasteiger charge is 2.25. The van der Waals surface area contributed by atoms with Gasteiger partial charge in [-0.3, -0.25) is 4.79 Å². The first-order chi connectivity index (χ1) is 13.0. The largest absolute Gasteiger partial charge is 0.360 e. The Labute approximate surface area is 179 Å². The van der Waals surface area contributed by atoms with Gasteiger partial charge >= 0.3 is 0 Å². The summed E-state index contributed by atoms with van der Waals surface area (Å²) in [6.07, 6.45) is 7.08. The molecule has 1 fully saturated rings. The van der Waals surface area contributed by atoms with E-state index >= 15 is 0 Å². The van der Waals surface area contributed by atoms with Gasteiger partial charge in [0.2, 0.25) is 0 Å². The van der Waals surface area contributed by atoms with Crippen LogP contribution in [0.15, 0.2) is 29.1 Å². The molecule has 1 aromatic carbocycles. The number of halogens is 1. The maximum atomic E-state index is 12.7. The monoisotopic (exact) mass is 421 g/mol. The quantitative estimate of drug-likeness (QED) is 0.662. The van der Waals surface area contributed by atoms with Crippen molar-refractivity contribution < 1.29 is 0 Å². The van der Waals surface area contributed by atoms with Gasteiger partial charge in [-0.25, -0.2) is 0 Å². The summed E-state index contributed by atoms with van der Waals surface area (Å²) < 4.78 is 0. The minimum absolute atomic E-state index is 0. The number of aryl methyl sites for hydroxylation is 1. The van der Waals surface area contributed by atoms with Gasteiger partial charge in [0.15, 0.2) is 5.11 Å². The number of thiocarbonyl (C=S) groups is 1. The van der Waals surface area contributed by atoms with E-state index in [4.69, 9.17) is 12.2 Å². The second kappa shape index (κ2) is 10.3. The normalized spacial score (nSPS) is 15.7. The Morgan fingerprint density at radius 3 is 2.68 bits per heavy atom. The summed E-state index contributed by atoms with van der Waals surface area (Å²) in [5.74, 6) is 0. The zero-order valence-electron chi connectivity index (χ0n) is 17.1. The van der Waals surface area contributed by atoms with Crippen molar-refractivity contribution in [2.24, 2.45) is 0 Å². The number of hydrogen-bond acceptors (Lipinski definition) is 2. The summed E-state index contributed by atoms with van der Waals surface area (Å²) in [5.41, 5.74) is 2.85. The van der Waals surface area contributed by atoms with Crippen molar-refractivity contribution in [2.45, 2.75) is 77.9 Å². The summed E-state index contributed by atoms with van der Waals surface area (Å²) in [7, 11) is 0. The van der Waals surface area contributed by atoms with Gasteiger partial charge in [0.1, 0.15) is 0 Å². The van der Waals surface area contributed by atoms with Crippen molar-refractivity contribution in [1.82, 2.24) is 15.2 Å². The van der Waals surface area contributed by atoms with Gasteiger partial charge in [-0.05, 0) is 68.9 Å². The lowest BCUT2D eigenvalue weighted by atomic mass is 9.94. The molecule has 4 nitrogen and oxygen atoms in total. The second-order valence-corrected chi connectivity index (χ2v) is 8.28. The maximum Gasteiger partial charge on any atom is 0.253 e. The van der Waals surface area contributed by atoms with E-state index in [0.717, 1.165) is 40.8 Å². The molecule has 1 aliphatic carbocycles. The van der Waals surface area contributed by atoms with E-state index < -0.39 is 0 Å². The maximum absolute atomic E-state index is 12.7. The first kappa shape index (κ1) is 22.7. The van der Waals surface area contributed by atoms with Crippen LogP contribution in [0.4, 0.5) is 0 Å². The molecule has 1 saturated carbocycles. The standard InChI is InChI=1S/C22H31N3OS.ClH/c1-4-16(3)23-22(27)25(19-8-6-5-7-9-19)14-18-13-17-12-15(2)10-11-20(17)24-21(18)26;/h10-13,16,19H,4-9,14H2,1-3H3,(H,23,27)(H,24,26);1H. The number of hydrogen-bond donors (Lipinski definition) is 2. The van der Waals surface area contributed by atoms with E-state index in [1.54, 1.807) is 0 Å². The molecule has 1 heterocycles. The molecule has 1 aromatic heterocycles. The molecule has 0 saturated heterocycles. The third kappa shape index (κ3) is 5.48. The number of rotatable bonds is 5. The smallest absolute Gasteiger partial charge is 0.253 e. The van der Waals surface area contributed by atoms with Crippen LogP contribution in [-0.4, -0.2) is 27.1 Å². The van der Waals surface area contributed by atoms with E-state index in [-0.39, 0.29) is 18.0 Å². The molecule has 2 aromatic rings. The molecule has 0 spiro atoms. The summed E-state index contributed by atoms with van der Waals surface area (Å²) in [5, 5.41) is 5.31. The molecule has 154 valence electrons. The molecular weight excluding hydrogens is 390 g/mol. The van der Waals surface area contributed by atoms with Gasteiger partial charge in [-0.2, -0.15) is 0 Å². The van der Waals surface area contributed by atoms with E-state index in [9.17, 15) is 4.79 Å². The SMILES string of the molecule is CCC(C)NC(=S)N(Cc1cc2cc(C)ccc2[nH]c1=O)C1CCCCC1.Cl. The van der Waals surface area contributed by atoms with E-state index in [0.29, 0.717) is 18.6 Å². The van der Waals surface area contributed by atoms with Crippen LogP contribution >= 0.6 is 24.6 Å². The van der Waals surface area contributed by atoms with Crippen LogP contribution in [0.2, 0.25) is 0 Å². The van der Waals surface area contributed by atoms with Gasteiger partial charge in [0.05, 0.1) is 6.54 Å². The number of benzene rings is 1. The number of nitrogens with zero attached hydrogens (tertiary/aromatic N) is 1. The van der Waals surface area contributed by atoms with Crippen LogP contribution in [-0.2, 0) is 6.54 Å². The molecule has 3 rings (SSSR count). The number of aromatic nitrogens is 1. The third-order valence-corrected chi connectivity index (χ3v) is 6.03. The minimum atomic E-state index is -0.0153. The molecule has 6 heteroatoms. The van der Waals surface area contributed by atoms with Crippen LogP contribution in [0.3, 0.4) is 0 Å².